The zero-order valence-electron chi connectivity index (χ0n) is 18.7. The Morgan fingerprint density at radius 1 is 0.939 bits per heavy atom. The average Bonchev–Trinajstić information content (AvgIpc) is 2.84. The first-order chi connectivity index (χ1) is 16.0. The van der Waals surface area contributed by atoms with Crippen molar-refractivity contribution in [3.8, 4) is 5.75 Å². The third-order valence-electron chi connectivity index (χ3n) is 5.85. The van der Waals surface area contributed by atoms with Gasteiger partial charge in [0.25, 0.3) is 11.8 Å². The van der Waals surface area contributed by atoms with E-state index in [0.29, 0.717) is 24.4 Å². The highest BCUT2D eigenvalue weighted by molar-refractivity contribution is 9.10. The van der Waals surface area contributed by atoms with E-state index in [-0.39, 0.29) is 11.8 Å². The summed E-state index contributed by atoms with van der Waals surface area (Å²) in [4.78, 5) is 29.6. The van der Waals surface area contributed by atoms with Gasteiger partial charge in [0.1, 0.15) is 5.75 Å². The van der Waals surface area contributed by atoms with Crippen LogP contribution in [0.3, 0.4) is 0 Å². The Morgan fingerprint density at radius 3 is 2.27 bits per heavy atom. The highest BCUT2D eigenvalue weighted by Crippen LogP contribution is 2.26. The Morgan fingerprint density at radius 2 is 1.64 bits per heavy atom. The van der Waals surface area contributed by atoms with Gasteiger partial charge < -0.3 is 19.9 Å². The molecule has 3 aromatic carbocycles. The number of nitrogens with zero attached hydrogens (tertiary/aromatic N) is 2. The lowest BCUT2D eigenvalue weighted by Crippen LogP contribution is -2.48. The number of carbonyl (C=O) groups excluding carboxylic acids is 2. The first-order valence-corrected chi connectivity index (χ1v) is 11.6. The zero-order chi connectivity index (χ0) is 23.4. The van der Waals surface area contributed by atoms with Gasteiger partial charge in [0, 0.05) is 48.7 Å². The van der Waals surface area contributed by atoms with E-state index in [1.165, 1.54) is 0 Å². The maximum absolute atomic E-state index is 12.8. The van der Waals surface area contributed by atoms with Crippen LogP contribution in [0.5, 0.6) is 5.75 Å². The predicted molar refractivity (Wildman–Crippen MR) is 134 cm³/mol. The van der Waals surface area contributed by atoms with Crippen LogP contribution in [0.15, 0.2) is 71.2 Å². The highest BCUT2D eigenvalue weighted by Gasteiger charge is 2.23. The van der Waals surface area contributed by atoms with Crippen LogP contribution in [-0.4, -0.2) is 50.0 Å². The van der Waals surface area contributed by atoms with Crippen LogP contribution in [0.1, 0.15) is 26.3 Å². The summed E-state index contributed by atoms with van der Waals surface area (Å²) in [5, 5.41) is 2.93. The van der Waals surface area contributed by atoms with Gasteiger partial charge in [0.05, 0.1) is 11.6 Å². The molecule has 1 aliphatic heterocycles. The monoisotopic (exact) mass is 507 g/mol. The number of nitrogens with one attached hydrogen (secondary N) is 1. The van der Waals surface area contributed by atoms with Crippen LogP contribution in [0.4, 0.5) is 11.4 Å². The van der Waals surface area contributed by atoms with E-state index >= 15 is 0 Å². The molecule has 0 bridgehead atoms. The van der Waals surface area contributed by atoms with Crippen molar-refractivity contribution in [3.63, 3.8) is 0 Å². The first-order valence-electron chi connectivity index (χ1n) is 10.8. The summed E-state index contributed by atoms with van der Waals surface area (Å²) in [5.74, 6) is 0.585. The smallest absolute Gasteiger partial charge is 0.255 e. The molecule has 7 heteroatoms. The Kier molecular flexibility index (Phi) is 6.99. The largest absolute Gasteiger partial charge is 0.496 e. The second kappa shape index (κ2) is 10.1. The van der Waals surface area contributed by atoms with Crippen molar-refractivity contribution in [1.82, 2.24) is 4.90 Å². The fraction of sp³-hybridized carbons (Fsp3) is 0.231. The topological polar surface area (TPSA) is 61.9 Å². The number of piperazine rings is 1. The van der Waals surface area contributed by atoms with Gasteiger partial charge in [0.15, 0.2) is 0 Å². The number of benzene rings is 3. The Hall–Kier alpha value is -3.32. The normalized spacial score (nSPS) is 13.5. The summed E-state index contributed by atoms with van der Waals surface area (Å²) in [6, 6.07) is 20.7. The molecule has 170 valence electrons. The molecule has 1 heterocycles. The Balaban J connectivity index is 1.34. The van der Waals surface area contributed by atoms with E-state index in [9.17, 15) is 9.59 Å². The summed E-state index contributed by atoms with van der Waals surface area (Å²) in [5.41, 5.74) is 4.12. The molecule has 3 aromatic rings. The number of hydrogen-bond acceptors (Lipinski definition) is 4. The number of methoxy groups -OCH3 is 1. The van der Waals surface area contributed by atoms with Crippen LogP contribution in [0.25, 0.3) is 0 Å². The van der Waals surface area contributed by atoms with Crippen LogP contribution in [0, 0.1) is 6.92 Å². The fourth-order valence-electron chi connectivity index (χ4n) is 3.92. The van der Waals surface area contributed by atoms with Crippen LogP contribution < -0.4 is 15.0 Å². The van der Waals surface area contributed by atoms with Gasteiger partial charge in [-0.2, -0.15) is 0 Å². The molecule has 2 amide bonds. The van der Waals surface area contributed by atoms with Gasteiger partial charge in [-0.15, -0.1) is 0 Å². The standard InChI is InChI=1S/C26H26BrN3O3/c1-18-5-3-4-6-22(18)26(32)30-15-13-29(14-16-30)21-10-8-20(9-11-21)28-25(31)19-7-12-24(33-2)23(27)17-19/h3-12,17H,13-16H2,1-2H3,(H,28,31). The Bertz CT molecular complexity index is 1160. The summed E-state index contributed by atoms with van der Waals surface area (Å²) in [6.45, 7) is 4.86. The third kappa shape index (κ3) is 5.20. The maximum atomic E-state index is 12.8. The minimum absolute atomic E-state index is 0.0935. The lowest BCUT2D eigenvalue weighted by Gasteiger charge is -2.36. The highest BCUT2D eigenvalue weighted by atomic mass is 79.9. The predicted octanol–water partition coefficient (Wildman–Crippen LogP) is 4.98. The van der Waals surface area contributed by atoms with Crippen LogP contribution in [-0.2, 0) is 0 Å². The SMILES string of the molecule is COc1ccc(C(=O)Nc2ccc(N3CCN(C(=O)c4ccccc4C)CC3)cc2)cc1Br. The summed E-state index contributed by atoms with van der Waals surface area (Å²) < 4.78 is 5.94. The molecule has 0 unspecified atom stereocenters. The summed E-state index contributed by atoms with van der Waals surface area (Å²) in [7, 11) is 1.59. The van der Waals surface area contributed by atoms with Crippen LogP contribution in [0.2, 0.25) is 0 Å². The summed E-state index contributed by atoms with van der Waals surface area (Å²) in [6.07, 6.45) is 0. The molecule has 0 aliphatic carbocycles. The number of aryl methyl sites for hydroxylation is 1. The van der Waals surface area contributed by atoms with Gasteiger partial charge in [-0.25, -0.2) is 0 Å². The molecule has 0 spiro atoms. The maximum Gasteiger partial charge on any atom is 0.255 e. The number of amides is 2. The molecule has 1 saturated heterocycles. The lowest BCUT2D eigenvalue weighted by molar-refractivity contribution is 0.0746. The number of anilines is 2. The van der Waals surface area contributed by atoms with Crippen LogP contribution >= 0.6 is 15.9 Å². The van der Waals surface area contributed by atoms with E-state index in [0.717, 1.165) is 40.1 Å². The molecule has 0 radical (unpaired) electrons. The van der Waals surface area contributed by atoms with Crippen molar-refractivity contribution in [2.45, 2.75) is 6.92 Å². The quantitative estimate of drug-likeness (QED) is 0.528. The van der Waals surface area contributed by atoms with Crippen molar-refractivity contribution in [3.05, 3.63) is 87.9 Å². The van der Waals surface area contributed by atoms with E-state index < -0.39 is 0 Å². The molecule has 0 saturated carbocycles. The molecule has 33 heavy (non-hydrogen) atoms. The average molecular weight is 508 g/mol. The number of carbonyl (C=O) groups is 2. The number of hydrogen-bond donors (Lipinski definition) is 1. The molecule has 1 fully saturated rings. The first kappa shape index (κ1) is 22.9. The van der Waals surface area contributed by atoms with Crippen molar-refractivity contribution in [2.75, 3.05) is 43.5 Å². The lowest BCUT2D eigenvalue weighted by atomic mass is 10.1. The number of rotatable bonds is 5. The van der Waals surface area contributed by atoms with Gasteiger partial charge in [-0.05, 0) is 76.9 Å². The molecular weight excluding hydrogens is 482 g/mol. The molecule has 1 N–H and O–H groups in total. The van der Waals surface area contributed by atoms with Gasteiger partial charge >= 0.3 is 0 Å². The fourth-order valence-corrected chi connectivity index (χ4v) is 4.46. The van der Waals surface area contributed by atoms with Crippen molar-refractivity contribution >= 4 is 39.1 Å². The minimum atomic E-state index is -0.186. The van der Waals surface area contributed by atoms with E-state index in [1.54, 1.807) is 25.3 Å². The van der Waals surface area contributed by atoms with Gasteiger partial charge in [-0.1, -0.05) is 18.2 Å². The van der Waals surface area contributed by atoms with Gasteiger partial charge in [0.2, 0.25) is 0 Å². The number of ether oxygens (including phenoxy) is 1. The molecule has 4 rings (SSSR count). The molecule has 0 aromatic heterocycles. The second-order valence-corrected chi connectivity index (χ2v) is 8.80. The van der Waals surface area contributed by atoms with Gasteiger partial charge in [-0.3, -0.25) is 9.59 Å². The molecule has 6 nitrogen and oxygen atoms in total. The minimum Gasteiger partial charge on any atom is -0.496 e. The molecular formula is C26H26BrN3O3. The Labute approximate surface area is 202 Å². The van der Waals surface area contributed by atoms with E-state index in [1.807, 2.05) is 60.4 Å². The van der Waals surface area contributed by atoms with Crippen molar-refractivity contribution in [1.29, 1.82) is 0 Å². The molecule has 1 aliphatic rings. The zero-order valence-corrected chi connectivity index (χ0v) is 20.3. The van der Waals surface area contributed by atoms with E-state index in [4.69, 9.17) is 4.74 Å². The third-order valence-corrected chi connectivity index (χ3v) is 6.47. The van der Waals surface area contributed by atoms with E-state index in [2.05, 4.69) is 26.1 Å². The molecule has 0 atom stereocenters. The summed E-state index contributed by atoms with van der Waals surface area (Å²) >= 11 is 3.41. The number of halogens is 1. The van der Waals surface area contributed by atoms with Crippen molar-refractivity contribution < 1.29 is 14.3 Å². The van der Waals surface area contributed by atoms with Crippen molar-refractivity contribution in [2.24, 2.45) is 0 Å². The second-order valence-electron chi connectivity index (χ2n) is 7.94.